The van der Waals surface area contributed by atoms with Crippen molar-refractivity contribution >= 4 is 52.5 Å². The molecule has 0 saturated heterocycles. The molecule has 0 unspecified atom stereocenters. The molecule has 0 aliphatic heterocycles. The highest BCUT2D eigenvalue weighted by molar-refractivity contribution is 6.42. The second kappa shape index (κ2) is 12.0. The number of carbonyl (C=O) groups is 4. The molecule has 1 amide bonds. The molecule has 8 nitrogen and oxygen atoms in total. The maximum atomic E-state index is 13.3. The number of nitrogens with zero attached hydrogens (tertiary/aromatic N) is 1. The van der Waals surface area contributed by atoms with Crippen LogP contribution in [0.15, 0.2) is 36.4 Å². The average Bonchev–Trinajstić information content (AvgIpc) is 2.83. The summed E-state index contributed by atoms with van der Waals surface area (Å²) in [5.74, 6) is -4.00. The van der Waals surface area contributed by atoms with E-state index in [0.717, 1.165) is 0 Å². The Morgan fingerprint density at radius 3 is 2.16 bits per heavy atom. The number of hydrogen-bond donors (Lipinski definition) is 1. The smallest absolute Gasteiger partial charge is 0.375 e. The lowest BCUT2D eigenvalue weighted by Gasteiger charge is -2.40. The van der Waals surface area contributed by atoms with Crippen LogP contribution >= 0.6 is 23.2 Å². The van der Waals surface area contributed by atoms with Crippen LogP contribution < -0.4 is 9.64 Å². The van der Waals surface area contributed by atoms with Crippen LogP contribution in [-0.2, 0) is 25.7 Å². The van der Waals surface area contributed by atoms with Gasteiger partial charge in [-0.1, -0.05) is 50.0 Å². The maximum absolute atomic E-state index is 13.3. The van der Waals surface area contributed by atoms with Gasteiger partial charge < -0.3 is 19.5 Å². The molecule has 0 aliphatic carbocycles. The van der Waals surface area contributed by atoms with Crippen molar-refractivity contribution in [2.75, 3.05) is 12.0 Å². The van der Waals surface area contributed by atoms with E-state index in [1.807, 2.05) is 20.8 Å². The molecule has 0 fully saturated rings. The highest BCUT2D eigenvalue weighted by atomic mass is 35.5. The summed E-state index contributed by atoms with van der Waals surface area (Å²) < 4.78 is 10.7. The van der Waals surface area contributed by atoms with Crippen molar-refractivity contribution in [1.29, 1.82) is 0 Å². The minimum atomic E-state index is -1.21. The zero-order valence-corrected chi connectivity index (χ0v) is 23.2. The van der Waals surface area contributed by atoms with Crippen LogP contribution in [0, 0.1) is 5.41 Å². The molecule has 1 N–H and O–H groups in total. The Kier molecular flexibility index (Phi) is 9.74. The number of ketones is 1. The van der Waals surface area contributed by atoms with Crippen molar-refractivity contribution in [1.82, 2.24) is 0 Å². The minimum absolute atomic E-state index is 0.0196. The number of esters is 1. The van der Waals surface area contributed by atoms with Gasteiger partial charge in [0.15, 0.2) is 0 Å². The highest BCUT2D eigenvalue weighted by Gasteiger charge is 2.40. The van der Waals surface area contributed by atoms with E-state index in [1.165, 1.54) is 30.2 Å². The molecule has 0 spiro atoms. The topological polar surface area (TPSA) is 110 Å². The Morgan fingerprint density at radius 2 is 1.62 bits per heavy atom. The number of amides is 1. The summed E-state index contributed by atoms with van der Waals surface area (Å²) in [7, 11) is 1.30. The number of rotatable bonds is 11. The summed E-state index contributed by atoms with van der Waals surface area (Å²) in [5.41, 5.74) is -0.614. The summed E-state index contributed by atoms with van der Waals surface area (Å²) in [4.78, 5) is 51.4. The molecule has 0 atom stereocenters. The Morgan fingerprint density at radius 1 is 0.973 bits per heavy atom. The number of ether oxygens (including phenoxy) is 2. The largest absolute Gasteiger partial charge is 0.496 e. The van der Waals surface area contributed by atoms with Crippen LogP contribution in [-0.4, -0.2) is 41.4 Å². The number of methoxy groups -OCH3 is 1. The number of hydrogen-bond acceptors (Lipinski definition) is 6. The first-order chi connectivity index (χ1) is 17.1. The zero-order chi connectivity index (χ0) is 28.1. The molecule has 0 aliphatic rings. The Hall–Kier alpha value is -3.10. The fourth-order valence-electron chi connectivity index (χ4n) is 3.33. The van der Waals surface area contributed by atoms with Crippen LogP contribution in [0.5, 0.6) is 5.75 Å². The standard InChI is InChI=1S/C27H31Cl2NO7/c1-7-26(2,3)27(4,5)37-25(35)21(31)14-23(32)30(15-16-8-11-19(28)20(29)12-16)17-9-10-18(24(33)34)22(13-17)36-6/h8-13H,7,14-15H2,1-6H3,(H,33,34). The third-order valence-corrected chi connectivity index (χ3v) is 7.49. The number of carbonyl (C=O) groups excluding carboxylic acids is 3. The lowest BCUT2D eigenvalue weighted by atomic mass is 9.75. The van der Waals surface area contributed by atoms with Crippen molar-refractivity contribution in [3.63, 3.8) is 0 Å². The van der Waals surface area contributed by atoms with Gasteiger partial charge in [0, 0.05) is 17.2 Å². The summed E-state index contributed by atoms with van der Waals surface area (Å²) in [5, 5.41) is 9.99. The quantitative estimate of drug-likeness (QED) is 0.208. The third-order valence-electron chi connectivity index (χ3n) is 6.75. The first kappa shape index (κ1) is 30.1. The predicted octanol–water partition coefficient (Wildman–Crippen LogP) is 5.95. The number of anilines is 1. The van der Waals surface area contributed by atoms with Gasteiger partial charge in [-0.05, 0) is 50.1 Å². The molecule has 2 rings (SSSR count). The van der Waals surface area contributed by atoms with Gasteiger partial charge in [0.1, 0.15) is 16.9 Å². The first-order valence-corrected chi connectivity index (χ1v) is 12.3. The summed E-state index contributed by atoms with van der Waals surface area (Å²) in [6.45, 7) is 9.19. The second-order valence-electron chi connectivity index (χ2n) is 9.66. The summed E-state index contributed by atoms with van der Waals surface area (Å²) >= 11 is 12.1. The predicted molar refractivity (Wildman–Crippen MR) is 141 cm³/mol. The van der Waals surface area contributed by atoms with Crippen LogP contribution in [0.1, 0.15) is 63.4 Å². The van der Waals surface area contributed by atoms with E-state index in [2.05, 4.69) is 0 Å². The van der Waals surface area contributed by atoms with Gasteiger partial charge in [0.05, 0.1) is 30.1 Å². The Balaban J connectivity index is 2.38. The van der Waals surface area contributed by atoms with Gasteiger partial charge in [-0.3, -0.25) is 9.59 Å². The molecule has 0 saturated carbocycles. The van der Waals surface area contributed by atoms with Crippen LogP contribution in [0.25, 0.3) is 0 Å². The van der Waals surface area contributed by atoms with Gasteiger partial charge in [0.25, 0.3) is 0 Å². The van der Waals surface area contributed by atoms with Crippen LogP contribution in [0.2, 0.25) is 10.0 Å². The van der Waals surface area contributed by atoms with Crippen molar-refractivity contribution in [2.45, 2.75) is 59.6 Å². The van der Waals surface area contributed by atoms with E-state index in [0.29, 0.717) is 17.0 Å². The van der Waals surface area contributed by atoms with E-state index in [1.54, 1.807) is 32.0 Å². The molecule has 10 heteroatoms. The monoisotopic (exact) mass is 551 g/mol. The number of aromatic carboxylic acids is 1. The van der Waals surface area contributed by atoms with Crippen molar-refractivity contribution in [3.05, 3.63) is 57.6 Å². The van der Waals surface area contributed by atoms with Gasteiger partial charge in [-0.15, -0.1) is 0 Å². The zero-order valence-electron chi connectivity index (χ0n) is 21.7. The first-order valence-electron chi connectivity index (χ1n) is 11.5. The number of Topliss-reactive ketones (excluding diaryl/α,β-unsaturated/α-hetero) is 1. The van der Waals surface area contributed by atoms with Gasteiger partial charge in [0.2, 0.25) is 11.7 Å². The average molecular weight is 552 g/mol. The van der Waals surface area contributed by atoms with Crippen molar-refractivity contribution < 1.29 is 33.8 Å². The van der Waals surface area contributed by atoms with E-state index < -0.39 is 41.1 Å². The molecule has 0 aromatic heterocycles. The minimum Gasteiger partial charge on any atom is -0.496 e. The maximum Gasteiger partial charge on any atom is 0.375 e. The molecule has 2 aromatic rings. The van der Waals surface area contributed by atoms with Crippen LogP contribution in [0.4, 0.5) is 5.69 Å². The highest BCUT2D eigenvalue weighted by Crippen LogP contribution is 2.37. The number of carboxylic acid groups (broad SMARTS) is 1. The lowest BCUT2D eigenvalue weighted by Crippen LogP contribution is -2.45. The molecule has 37 heavy (non-hydrogen) atoms. The van der Waals surface area contributed by atoms with Crippen LogP contribution in [0.3, 0.4) is 0 Å². The molecule has 0 radical (unpaired) electrons. The number of carboxylic acids is 1. The van der Waals surface area contributed by atoms with E-state index in [4.69, 9.17) is 32.7 Å². The normalized spacial score (nSPS) is 11.6. The molecule has 200 valence electrons. The second-order valence-corrected chi connectivity index (χ2v) is 10.5. The van der Waals surface area contributed by atoms with Gasteiger partial charge in [-0.25, -0.2) is 9.59 Å². The molecule has 2 aromatic carbocycles. The Labute approximate surface area is 226 Å². The number of halogens is 2. The fourth-order valence-corrected chi connectivity index (χ4v) is 3.65. The van der Waals surface area contributed by atoms with E-state index >= 15 is 0 Å². The fraction of sp³-hybridized carbons (Fsp3) is 0.407. The van der Waals surface area contributed by atoms with E-state index in [9.17, 15) is 24.3 Å². The Bertz CT molecular complexity index is 1210. The summed E-state index contributed by atoms with van der Waals surface area (Å²) in [6, 6.07) is 8.86. The summed E-state index contributed by atoms with van der Waals surface area (Å²) in [6.07, 6.45) is -0.0578. The van der Waals surface area contributed by atoms with Gasteiger partial charge >= 0.3 is 11.9 Å². The molecular formula is C27H31Cl2NO7. The molecule has 0 bridgehead atoms. The lowest BCUT2D eigenvalue weighted by molar-refractivity contribution is -0.173. The van der Waals surface area contributed by atoms with E-state index in [-0.39, 0.29) is 28.6 Å². The number of benzene rings is 2. The van der Waals surface area contributed by atoms with Crippen molar-refractivity contribution in [2.24, 2.45) is 5.41 Å². The molecule has 0 heterocycles. The van der Waals surface area contributed by atoms with Crippen molar-refractivity contribution in [3.8, 4) is 5.75 Å². The SMILES string of the molecule is CCC(C)(C)C(C)(C)OC(=O)C(=O)CC(=O)N(Cc1ccc(Cl)c(Cl)c1)c1ccc(C(=O)O)c(OC)c1. The molecular weight excluding hydrogens is 521 g/mol. The third kappa shape index (κ3) is 7.23. The van der Waals surface area contributed by atoms with Gasteiger partial charge in [-0.2, -0.15) is 0 Å².